The summed E-state index contributed by atoms with van der Waals surface area (Å²) in [6.45, 7) is 5.03. The third-order valence-electron chi connectivity index (χ3n) is 4.02. The van der Waals surface area contributed by atoms with E-state index >= 15 is 0 Å². The summed E-state index contributed by atoms with van der Waals surface area (Å²) in [7, 11) is 1.74. The molecule has 1 N–H and O–H groups in total. The number of ether oxygens (including phenoxy) is 1. The first-order chi connectivity index (χ1) is 10.3. The lowest BCUT2D eigenvalue weighted by molar-refractivity contribution is 0.409. The highest BCUT2D eigenvalue weighted by atomic mass is 16.5. The van der Waals surface area contributed by atoms with Crippen LogP contribution in [0.1, 0.15) is 18.1 Å². The number of methoxy groups -OCH3 is 1. The van der Waals surface area contributed by atoms with E-state index in [-0.39, 0.29) is 0 Å². The molecule has 0 amide bonds. The van der Waals surface area contributed by atoms with Crippen LogP contribution in [0.3, 0.4) is 0 Å². The van der Waals surface area contributed by atoms with Gasteiger partial charge in [0.1, 0.15) is 5.75 Å². The quantitative estimate of drug-likeness (QED) is 0.935. The fourth-order valence-electron chi connectivity index (χ4n) is 2.94. The first-order valence-corrected chi connectivity index (χ1v) is 7.46. The molecule has 1 heterocycles. The van der Waals surface area contributed by atoms with Crippen molar-refractivity contribution < 1.29 is 4.74 Å². The van der Waals surface area contributed by atoms with Crippen LogP contribution in [0.25, 0.3) is 0 Å². The van der Waals surface area contributed by atoms with E-state index in [1.165, 1.54) is 16.8 Å². The number of rotatable bonds is 3. The lowest BCUT2D eigenvalue weighted by Crippen LogP contribution is -2.35. The summed E-state index contributed by atoms with van der Waals surface area (Å²) in [5.41, 5.74) is 3.90. The highest BCUT2D eigenvalue weighted by molar-refractivity contribution is 5.55. The van der Waals surface area contributed by atoms with E-state index in [2.05, 4.69) is 53.5 Å². The lowest BCUT2D eigenvalue weighted by atomic mass is 10.1. The molecular weight excluding hydrogens is 260 g/mol. The largest absolute Gasteiger partial charge is 0.496 e. The van der Waals surface area contributed by atoms with Crippen molar-refractivity contribution in [2.24, 2.45) is 0 Å². The summed E-state index contributed by atoms with van der Waals surface area (Å²) in [5, 5.41) is 3.57. The van der Waals surface area contributed by atoms with E-state index in [1.54, 1.807) is 7.11 Å². The smallest absolute Gasteiger partial charge is 0.123 e. The van der Waals surface area contributed by atoms with Crippen molar-refractivity contribution in [1.82, 2.24) is 5.32 Å². The number of para-hydroxylation sites is 2. The predicted octanol–water partition coefficient (Wildman–Crippen LogP) is 3.19. The molecule has 3 rings (SSSR count). The fourth-order valence-corrected chi connectivity index (χ4v) is 2.94. The number of benzene rings is 2. The number of nitrogens with zero attached hydrogens (tertiary/aromatic N) is 1. The Morgan fingerprint density at radius 2 is 1.90 bits per heavy atom. The molecule has 110 valence electrons. The van der Waals surface area contributed by atoms with Crippen molar-refractivity contribution in [3.63, 3.8) is 0 Å². The summed E-state index contributed by atoms with van der Waals surface area (Å²) >= 11 is 0. The third kappa shape index (κ3) is 3.03. The maximum absolute atomic E-state index is 5.49. The Kier molecular flexibility index (Phi) is 4.11. The molecule has 3 heteroatoms. The van der Waals surface area contributed by atoms with Gasteiger partial charge in [-0.2, -0.15) is 0 Å². The average molecular weight is 282 g/mol. The minimum Gasteiger partial charge on any atom is -0.496 e. The molecule has 0 radical (unpaired) electrons. The molecule has 21 heavy (non-hydrogen) atoms. The van der Waals surface area contributed by atoms with Gasteiger partial charge in [-0.1, -0.05) is 36.4 Å². The molecule has 2 aromatic rings. The molecule has 2 aromatic carbocycles. The van der Waals surface area contributed by atoms with Crippen molar-refractivity contribution >= 4 is 5.69 Å². The average Bonchev–Trinajstić information content (AvgIpc) is 2.68. The van der Waals surface area contributed by atoms with Gasteiger partial charge in [-0.05, 0) is 24.6 Å². The van der Waals surface area contributed by atoms with Crippen molar-refractivity contribution in [2.45, 2.75) is 26.1 Å². The summed E-state index contributed by atoms with van der Waals surface area (Å²) < 4.78 is 5.49. The zero-order chi connectivity index (χ0) is 14.7. The number of anilines is 1. The topological polar surface area (TPSA) is 24.5 Å². The van der Waals surface area contributed by atoms with Gasteiger partial charge in [0.25, 0.3) is 0 Å². The van der Waals surface area contributed by atoms with Gasteiger partial charge >= 0.3 is 0 Å². The van der Waals surface area contributed by atoms with Gasteiger partial charge in [-0.3, -0.25) is 0 Å². The van der Waals surface area contributed by atoms with Crippen LogP contribution in [0, 0.1) is 0 Å². The molecular formula is C18H22N2O. The van der Waals surface area contributed by atoms with Crippen LogP contribution >= 0.6 is 0 Å². The van der Waals surface area contributed by atoms with Crippen LogP contribution < -0.4 is 15.0 Å². The molecule has 1 aliphatic heterocycles. The zero-order valence-electron chi connectivity index (χ0n) is 12.7. The molecule has 0 aliphatic carbocycles. The van der Waals surface area contributed by atoms with Gasteiger partial charge in [-0.15, -0.1) is 0 Å². The second-order valence-electron chi connectivity index (χ2n) is 5.60. The molecule has 0 fully saturated rings. The molecule has 1 unspecified atom stereocenters. The summed E-state index contributed by atoms with van der Waals surface area (Å²) in [6.07, 6.45) is 0. The van der Waals surface area contributed by atoms with Gasteiger partial charge in [-0.25, -0.2) is 0 Å². The summed E-state index contributed by atoms with van der Waals surface area (Å²) in [5.74, 6) is 0.958. The van der Waals surface area contributed by atoms with Gasteiger partial charge in [0.2, 0.25) is 0 Å². The second kappa shape index (κ2) is 6.19. The Morgan fingerprint density at radius 1 is 1.14 bits per heavy atom. The highest BCUT2D eigenvalue weighted by Gasteiger charge is 2.19. The Hall–Kier alpha value is -2.00. The van der Waals surface area contributed by atoms with Crippen molar-refractivity contribution in [3.05, 3.63) is 59.7 Å². The van der Waals surface area contributed by atoms with Gasteiger partial charge in [0.05, 0.1) is 7.11 Å². The zero-order valence-corrected chi connectivity index (χ0v) is 12.7. The molecule has 1 aliphatic rings. The van der Waals surface area contributed by atoms with Gasteiger partial charge < -0.3 is 15.0 Å². The first-order valence-electron chi connectivity index (χ1n) is 7.46. The fraction of sp³-hybridized carbons (Fsp3) is 0.333. The lowest BCUT2D eigenvalue weighted by Gasteiger charge is -2.27. The molecule has 0 spiro atoms. The van der Waals surface area contributed by atoms with E-state index in [9.17, 15) is 0 Å². The van der Waals surface area contributed by atoms with E-state index in [4.69, 9.17) is 4.74 Å². The minimum absolute atomic E-state index is 0.465. The second-order valence-corrected chi connectivity index (χ2v) is 5.60. The van der Waals surface area contributed by atoms with Crippen molar-refractivity contribution in [2.75, 3.05) is 18.6 Å². The summed E-state index contributed by atoms with van der Waals surface area (Å²) in [4.78, 5) is 2.44. The normalized spacial score (nSPS) is 18.0. The van der Waals surface area contributed by atoms with E-state index in [1.807, 2.05) is 12.1 Å². The molecule has 0 aromatic heterocycles. The van der Waals surface area contributed by atoms with Crippen LogP contribution in [0.2, 0.25) is 0 Å². The Bertz CT molecular complexity index is 612. The van der Waals surface area contributed by atoms with Gasteiger partial charge in [0, 0.05) is 36.9 Å². The molecule has 0 saturated carbocycles. The Labute approximate surface area is 126 Å². The number of hydrogen-bond donors (Lipinski definition) is 1. The number of nitrogens with one attached hydrogen (secondary N) is 1. The van der Waals surface area contributed by atoms with E-state index in [0.717, 1.165) is 25.4 Å². The SMILES string of the molecule is COc1ccccc1CN1CC(C)NCc2ccccc21. The minimum atomic E-state index is 0.465. The predicted molar refractivity (Wildman–Crippen MR) is 86.8 cm³/mol. The van der Waals surface area contributed by atoms with E-state index < -0.39 is 0 Å². The highest BCUT2D eigenvalue weighted by Crippen LogP contribution is 2.27. The van der Waals surface area contributed by atoms with Crippen LogP contribution in [0.5, 0.6) is 5.75 Å². The summed E-state index contributed by atoms with van der Waals surface area (Å²) in [6, 6.07) is 17.4. The van der Waals surface area contributed by atoms with Crippen LogP contribution in [-0.2, 0) is 13.1 Å². The first kappa shape index (κ1) is 14.0. The number of hydrogen-bond acceptors (Lipinski definition) is 3. The van der Waals surface area contributed by atoms with Crippen LogP contribution in [-0.4, -0.2) is 19.7 Å². The van der Waals surface area contributed by atoms with Gasteiger partial charge in [0.15, 0.2) is 0 Å². The van der Waals surface area contributed by atoms with Crippen molar-refractivity contribution in [1.29, 1.82) is 0 Å². The third-order valence-corrected chi connectivity index (χ3v) is 4.02. The molecule has 1 atom stereocenters. The Morgan fingerprint density at radius 3 is 2.76 bits per heavy atom. The monoisotopic (exact) mass is 282 g/mol. The maximum Gasteiger partial charge on any atom is 0.123 e. The molecule has 0 bridgehead atoms. The van der Waals surface area contributed by atoms with Crippen LogP contribution in [0.4, 0.5) is 5.69 Å². The van der Waals surface area contributed by atoms with Crippen molar-refractivity contribution in [3.8, 4) is 5.75 Å². The standard InChI is InChI=1S/C18H22N2O/c1-14-12-20(13-16-8-4-6-10-18(16)21-2)17-9-5-3-7-15(17)11-19-14/h3-10,14,19H,11-13H2,1-2H3. The molecule has 0 saturated heterocycles. The number of fused-ring (bicyclic) bond motifs is 1. The van der Waals surface area contributed by atoms with Crippen LogP contribution in [0.15, 0.2) is 48.5 Å². The maximum atomic E-state index is 5.49. The Balaban J connectivity index is 1.93. The molecule has 3 nitrogen and oxygen atoms in total. The van der Waals surface area contributed by atoms with E-state index in [0.29, 0.717) is 6.04 Å².